The number of aromatic nitrogens is 1. The predicted molar refractivity (Wildman–Crippen MR) is 79.8 cm³/mol. The van der Waals surface area contributed by atoms with Crippen molar-refractivity contribution in [3.63, 3.8) is 0 Å². The van der Waals surface area contributed by atoms with E-state index in [1.165, 1.54) is 16.9 Å². The topological polar surface area (TPSA) is 50.2 Å². The van der Waals surface area contributed by atoms with Gasteiger partial charge in [-0.2, -0.15) is 0 Å². The number of hydrogen-bond donors (Lipinski definition) is 1. The lowest BCUT2D eigenvalue weighted by Gasteiger charge is -2.27. The molecule has 3 nitrogen and oxygen atoms in total. The largest absolute Gasteiger partial charge is 0.476 e. The number of aromatic carboxylic acids is 1. The average molecular weight is 308 g/mol. The molecule has 0 amide bonds. The fourth-order valence-electron chi connectivity index (χ4n) is 2.97. The van der Waals surface area contributed by atoms with Crippen LogP contribution in [0.25, 0.3) is 0 Å². The van der Waals surface area contributed by atoms with Crippen LogP contribution in [0.4, 0.5) is 0 Å². The van der Waals surface area contributed by atoms with E-state index in [1.807, 2.05) is 24.3 Å². The third kappa shape index (κ3) is 2.23. The first-order valence-corrected chi connectivity index (χ1v) is 7.83. The van der Waals surface area contributed by atoms with Gasteiger partial charge in [-0.15, -0.1) is 11.3 Å². The van der Waals surface area contributed by atoms with E-state index in [4.69, 9.17) is 16.7 Å². The Morgan fingerprint density at radius 2 is 1.90 bits per heavy atom. The van der Waals surface area contributed by atoms with Crippen molar-refractivity contribution in [1.82, 2.24) is 4.98 Å². The Labute approximate surface area is 126 Å². The maximum atomic E-state index is 11.0. The molecule has 1 aromatic heterocycles. The van der Waals surface area contributed by atoms with Gasteiger partial charge in [0.25, 0.3) is 0 Å². The maximum Gasteiger partial charge on any atom is 0.355 e. The Kier molecular flexibility index (Phi) is 3.52. The molecule has 104 valence electrons. The number of carboxylic acid groups (broad SMARTS) is 1. The summed E-state index contributed by atoms with van der Waals surface area (Å²) in [6.07, 6.45) is 4.32. The molecule has 1 fully saturated rings. The van der Waals surface area contributed by atoms with Crippen LogP contribution in [0.5, 0.6) is 0 Å². The Bertz CT molecular complexity index is 630. The zero-order valence-corrected chi connectivity index (χ0v) is 12.4. The monoisotopic (exact) mass is 307 g/mol. The minimum absolute atomic E-state index is 0.136. The van der Waals surface area contributed by atoms with Crippen LogP contribution < -0.4 is 0 Å². The smallest absolute Gasteiger partial charge is 0.355 e. The number of benzene rings is 1. The first-order valence-electron chi connectivity index (χ1n) is 6.57. The van der Waals surface area contributed by atoms with E-state index in [1.54, 1.807) is 5.38 Å². The molecule has 1 heterocycles. The van der Waals surface area contributed by atoms with Gasteiger partial charge in [-0.05, 0) is 30.5 Å². The van der Waals surface area contributed by atoms with Crippen LogP contribution in [-0.4, -0.2) is 16.1 Å². The highest BCUT2D eigenvalue weighted by Crippen LogP contribution is 2.47. The first kappa shape index (κ1) is 13.6. The molecule has 0 spiro atoms. The van der Waals surface area contributed by atoms with Crippen LogP contribution in [0, 0.1) is 0 Å². The number of rotatable bonds is 3. The highest BCUT2D eigenvalue weighted by Gasteiger charge is 2.40. The molecule has 0 unspecified atom stereocenters. The zero-order valence-electron chi connectivity index (χ0n) is 10.8. The number of carboxylic acids is 1. The van der Waals surface area contributed by atoms with Gasteiger partial charge < -0.3 is 5.11 Å². The molecule has 1 aromatic carbocycles. The quantitative estimate of drug-likeness (QED) is 0.917. The normalized spacial score (nSPS) is 17.2. The van der Waals surface area contributed by atoms with E-state index in [0.717, 1.165) is 30.7 Å². The van der Waals surface area contributed by atoms with Crippen molar-refractivity contribution < 1.29 is 9.90 Å². The van der Waals surface area contributed by atoms with E-state index >= 15 is 0 Å². The second-order valence-corrected chi connectivity index (χ2v) is 6.43. The van der Waals surface area contributed by atoms with Crippen LogP contribution in [-0.2, 0) is 5.41 Å². The molecule has 1 aliphatic carbocycles. The van der Waals surface area contributed by atoms with Gasteiger partial charge in [0.1, 0.15) is 5.01 Å². The molecule has 1 N–H and O–H groups in total. The lowest BCUT2D eigenvalue weighted by molar-refractivity contribution is 0.0691. The number of thiazole rings is 1. The lowest BCUT2D eigenvalue weighted by atomic mass is 9.79. The number of halogens is 1. The van der Waals surface area contributed by atoms with Crippen LogP contribution in [0.15, 0.2) is 29.6 Å². The fraction of sp³-hybridized carbons (Fsp3) is 0.333. The highest BCUT2D eigenvalue weighted by molar-refractivity contribution is 7.10. The molecular weight excluding hydrogens is 294 g/mol. The molecule has 20 heavy (non-hydrogen) atoms. The molecule has 0 bridgehead atoms. The Morgan fingerprint density at radius 1 is 1.25 bits per heavy atom. The fourth-order valence-corrected chi connectivity index (χ4v) is 4.17. The number of hydrogen-bond acceptors (Lipinski definition) is 3. The Morgan fingerprint density at radius 3 is 2.45 bits per heavy atom. The standard InChI is InChI=1S/C15H14ClNO2S/c16-11-5-3-10(4-6-11)15(7-1-2-8-15)14-17-12(9-20-14)13(18)19/h3-6,9H,1-2,7-8H2,(H,18,19). The van der Waals surface area contributed by atoms with Gasteiger partial charge in [0, 0.05) is 15.8 Å². The summed E-state index contributed by atoms with van der Waals surface area (Å²) in [6.45, 7) is 0. The van der Waals surface area contributed by atoms with Gasteiger partial charge in [-0.25, -0.2) is 9.78 Å². The molecule has 0 saturated heterocycles. The summed E-state index contributed by atoms with van der Waals surface area (Å²) in [5.74, 6) is -0.961. The molecule has 1 saturated carbocycles. The van der Waals surface area contributed by atoms with Crippen LogP contribution >= 0.6 is 22.9 Å². The minimum Gasteiger partial charge on any atom is -0.476 e. The van der Waals surface area contributed by atoms with Gasteiger partial charge in [0.15, 0.2) is 5.69 Å². The van der Waals surface area contributed by atoms with E-state index in [0.29, 0.717) is 5.02 Å². The van der Waals surface area contributed by atoms with Crippen LogP contribution in [0.1, 0.15) is 46.7 Å². The average Bonchev–Trinajstić information content (AvgIpc) is 3.09. The Hall–Kier alpha value is -1.39. The predicted octanol–water partition coefficient (Wildman–Crippen LogP) is 4.35. The minimum atomic E-state index is -0.961. The lowest BCUT2D eigenvalue weighted by Crippen LogP contribution is -2.23. The maximum absolute atomic E-state index is 11.0. The highest BCUT2D eigenvalue weighted by atomic mass is 35.5. The molecule has 5 heteroatoms. The van der Waals surface area contributed by atoms with E-state index < -0.39 is 5.97 Å². The molecule has 1 aliphatic rings. The molecule has 3 rings (SSSR count). The van der Waals surface area contributed by atoms with Gasteiger partial charge in [-0.3, -0.25) is 0 Å². The summed E-state index contributed by atoms with van der Waals surface area (Å²) in [5, 5.41) is 12.3. The van der Waals surface area contributed by atoms with E-state index in [-0.39, 0.29) is 11.1 Å². The SMILES string of the molecule is O=C(O)c1csc(C2(c3ccc(Cl)cc3)CCCC2)n1. The summed E-state index contributed by atoms with van der Waals surface area (Å²) < 4.78 is 0. The third-order valence-electron chi connectivity index (χ3n) is 3.99. The summed E-state index contributed by atoms with van der Waals surface area (Å²) >= 11 is 7.41. The molecule has 0 aliphatic heterocycles. The van der Waals surface area contributed by atoms with Crippen molar-refractivity contribution in [3.8, 4) is 0 Å². The van der Waals surface area contributed by atoms with Gasteiger partial charge in [-0.1, -0.05) is 36.6 Å². The van der Waals surface area contributed by atoms with Gasteiger partial charge in [0.2, 0.25) is 0 Å². The summed E-state index contributed by atoms with van der Waals surface area (Å²) in [5.41, 5.74) is 1.19. The third-order valence-corrected chi connectivity index (χ3v) is 5.28. The van der Waals surface area contributed by atoms with Crippen molar-refractivity contribution in [2.45, 2.75) is 31.1 Å². The Balaban J connectivity index is 2.07. The summed E-state index contributed by atoms with van der Waals surface area (Å²) in [7, 11) is 0. The molecular formula is C15H14ClNO2S. The zero-order chi connectivity index (χ0) is 14.2. The van der Waals surface area contributed by atoms with Gasteiger partial charge >= 0.3 is 5.97 Å². The molecule has 0 radical (unpaired) electrons. The number of carbonyl (C=O) groups is 1. The summed E-state index contributed by atoms with van der Waals surface area (Å²) in [4.78, 5) is 15.4. The van der Waals surface area contributed by atoms with Crippen LogP contribution in [0.2, 0.25) is 5.02 Å². The van der Waals surface area contributed by atoms with E-state index in [9.17, 15) is 4.79 Å². The van der Waals surface area contributed by atoms with Gasteiger partial charge in [0.05, 0.1) is 0 Å². The first-order chi connectivity index (χ1) is 9.62. The molecule has 2 aromatic rings. The second kappa shape index (κ2) is 5.19. The molecule has 0 atom stereocenters. The van der Waals surface area contributed by atoms with Crippen LogP contribution in [0.3, 0.4) is 0 Å². The number of nitrogens with zero attached hydrogens (tertiary/aromatic N) is 1. The van der Waals surface area contributed by atoms with Crippen molar-refractivity contribution in [3.05, 3.63) is 50.9 Å². The summed E-state index contributed by atoms with van der Waals surface area (Å²) in [6, 6.07) is 7.86. The second-order valence-electron chi connectivity index (χ2n) is 5.14. The van der Waals surface area contributed by atoms with Crippen molar-refractivity contribution >= 4 is 28.9 Å². The van der Waals surface area contributed by atoms with Crippen molar-refractivity contribution in [1.29, 1.82) is 0 Å². The van der Waals surface area contributed by atoms with Crippen molar-refractivity contribution in [2.24, 2.45) is 0 Å². The van der Waals surface area contributed by atoms with E-state index in [2.05, 4.69) is 4.98 Å². The van der Waals surface area contributed by atoms with Crippen molar-refractivity contribution in [2.75, 3.05) is 0 Å².